The van der Waals surface area contributed by atoms with Gasteiger partial charge in [-0.1, -0.05) is 45.0 Å². The highest BCUT2D eigenvalue weighted by molar-refractivity contribution is 7.92. The summed E-state index contributed by atoms with van der Waals surface area (Å²) in [5, 5.41) is 13.5. The summed E-state index contributed by atoms with van der Waals surface area (Å²) in [6.07, 6.45) is 4.46. The second-order valence-corrected chi connectivity index (χ2v) is 17.5. The van der Waals surface area contributed by atoms with E-state index in [0.717, 1.165) is 62.9 Å². The van der Waals surface area contributed by atoms with E-state index in [1.165, 1.54) is 21.3 Å². The molecule has 16 nitrogen and oxygen atoms in total. The van der Waals surface area contributed by atoms with Crippen molar-refractivity contribution in [3.8, 4) is 28.7 Å². The number of amides is 3. The molecule has 1 aromatic heterocycles. The first-order valence-corrected chi connectivity index (χ1v) is 22.1. The number of pyridine rings is 1. The van der Waals surface area contributed by atoms with Crippen LogP contribution in [-0.2, 0) is 20.2 Å². The highest BCUT2D eigenvalue weighted by Gasteiger charge is 2.24. The van der Waals surface area contributed by atoms with E-state index in [0.29, 0.717) is 57.7 Å². The summed E-state index contributed by atoms with van der Waals surface area (Å²) in [4.78, 5) is 33.7. The van der Waals surface area contributed by atoms with E-state index >= 15 is 0 Å². The van der Waals surface area contributed by atoms with Gasteiger partial charge in [0.05, 0.1) is 57.9 Å². The molecule has 1 saturated heterocycles. The van der Waals surface area contributed by atoms with E-state index in [1.54, 1.807) is 54.7 Å². The Morgan fingerprint density at radius 3 is 2.15 bits per heavy atom. The van der Waals surface area contributed by atoms with E-state index in [1.807, 2.05) is 45.0 Å². The van der Waals surface area contributed by atoms with Gasteiger partial charge >= 0.3 is 6.03 Å². The van der Waals surface area contributed by atoms with Gasteiger partial charge in [-0.3, -0.25) is 14.4 Å². The summed E-state index contributed by atoms with van der Waals surface area (Å²) in [6.45, 7) is 10.8. The Balaban J connectivity index is 1.15. The first kappa shape index (κ1) is 45.2. The number of nitrogens with one attached hydrogen (secondary N) is 5. The number of anilines is 5. The maximum Gasteiger partial charge on any atom is 0.323 e. The van der Waals surface area contributed by atoms with Crippen LogP contribution >= 0.6 is 0 Å². The van der Waals surface area contributed by atoms with E-state index in [4.69, 9.17) is 23.7 Å². The zero-order chi connectivity index (χ0) is 44.4. The summed E-state index contributed by atoms with van der Waals surface area (Å²) in [6, 6.07) is 20.7. The fraction of sp³-hybridized carbons (Fsp3) is 0.356. The van der Waals surface area contributed by atoms with Crippen LogP contribution in [0, 0.1) is 0 Å². The van der Waals surface area contributed by atoms with Crippen LogP contribution in [0.4, 0.5) is 33.4 Å². The Kier molecular flexibility index (Phi) is 14.6. The summed E-state index contributed by atoms with van der Waals surface area (Å²) in [7, 11) is 0.756. The number of benzene rings is 4. The number of nitrogens with zero attached hydrogens (tertiary/aromatic N) is 2. The van der Waals surface area contributed by atoms with Gasteiger partial charge in [0.2, 0.25) is 10.0 Å². The second-order valence-electron chi connectivity index (χ2n) is 15.7. The maximum atomic E-state index is 13.6. The van der Waals surface area contributed by atoms with E-state index in [2.05, 4.69) is 35.9 Å². The molecule has 4 aromatic carbocycles. The molecule has 0 unspecified atom stereocenters. The average Bonchev–Trinajstić information content (AvgIpc) is 3.23. The highest BCUT2D eigenvalue weighted by atomic mass is 32.2. The number of hydrogen-bond donors (Lipinski definition) is 5. The smallest absolute Gasteiger partial charge is 0.323 e. The molecular weight excluding hydrogens is 815 g/mol. The molecule has 0 atom stereocenters. The number of carbonyl (C=O) groups excluding carboxylic acids is 2. The number of carbonyl (C=O) groups is 2. The van der Waals surface area contributed by atoms with Crippen molar-refractivity contribution >= 4 is 61.3 Å². The summed E-state index contributed by atoms with van der Waals surface area (Å²) in [5.74, 6) is 2.03. The Morgan fingerprint density at radius 1 is 0.806 bits per heavy atom. The van der Waals surface area contributed by atoms with E-state index < -0.39 is 16.1 Å². The number of rotatable bonds is 17. The molecule has 330 valence electrons. The van der Waals surface area contributed by atoms with Crippen molar-refractivity contribution in [2.24, 2.45) is 0 Å². The Hall–Kier alpha value is -6.30. The predicted molar refractivity (Wildman–Crippen MR) is 243 cm³/mol. The van der Waals surface area contributed by atoms with Crippen LogP contribution in [0.15, 0.2) is 79.0 Å². The number of urea groups is 1. The number of aromatic nitrogens is 1. The lowest BCUT2D eigenvalue weighted by molar-refractivity contribution is 0.0372. The number of morpholine rings is 1. The molecule has 0 spiro atoms. The molecule has 0 aliphatic carbocycles. The average molecular weight is 870 g/mol. The molecule has 1 fully saturated rings. The van der Waals surface area contributed by atoms with Crippen LogP contribution in [0.25, 0.3) is 10.8 Å². The summed E-state index contributed by atoms with van der Waals surface area (Å²) < 4.78 is 55.6. The standard InChI is InChI=1S/C45H55N7O9S/c1-45(2,3)29-24-35(42(59-6)36(25-29)51-62(7,55)56)50-44(54)49-34-14-15-37(33-13-9-8-12-32(33)34)61-31-16-18-46-40(28-31)48-30-26-38(57-4)41(39(27-30)58-5)43(53)47-17-10-11-19-52-20-22-60-23-21-52/h8-9,12-16,18,24-28,51H,10-11,17,19-23H2,1-7H3,(H,46,48)(H,47,53)(H2,49,50,54). The Bertz CT molecular complexity index is 2480. The summed E-state index contributed by atoms with van der Waals surface area (Å²) >= 11 is 0. The molecule has 0 saturated carbocycles. The zero-order valence-corrected chi connectivity index (χ0v) is 37.0. The Labute approximate surface area is 362 Å². The molecule has 3 amide bonds. The molecule has 62 heavy (non-hydrogen) atoms. The zero-order valence-electron chi connectivity index (χ0n) is 36.1. The fourth-order valence-corrected chi connectivity index (χ4v) is 7.55. The lowest BCUT2D eigenvalue weighted by atomic mass is 9.86. The van der Waals surface area contributed by atoms with Gasteiger partial charge in [0.1, 0.15) is 34.4 Å². The van der Waals surface area contributed by atoms with Gasteiger partial charge in [-0.25, -0.2) is 18.2 Å². The van der Waals surface area contributed by atoms with Crippen molar-refractivity contribution in [1.82, 2.24) is 15.2 Å². The quantitative estimate of drug-likeness (QED) is 0.0568. The van der Waals surface area contributed by atoms with Crippen molar-refractivity contribution < 1.29 is 41.7 Å². The Morgan fingerprint density at radius 2 is 1.48 bits per heavy atom. The van der Waals surface area contributed by atoms with Crippen molar-refractivity contribution in [2.45, 2.75) is 39.0 Å². The molecule has 1 aliphatic rings. The minimum atomic E-state index is -3.65. The molecule has 5 N–H and O–H groups in total. The number of unbranched alkanes of at least 4 members (excludes halogenated alkanes) is 1. The topological polar surface area (TPSA) is 191 Å². The SMILES string of the molecule is COc1cc(Nc2cc(Oc3ccc(NC(=O)Nc4cc(C(C)(C)C)cc(NS(C)(=O)=O)c4OC)c4ccccc34)ccn2)cc(OC)c1C(=O)NCCCCN1CCOCC1. The van der Waals surface area contributed by atoms with Crippen molar-refractivity contribution in [3.63, 3.8) is 0 Å². The van der Waals surface area contributed by atoms with Gasteiger partial charge in [-0.05, 0) is 60.7 Å². The van der Waals surface area contributed by atoms with Crippen LogP contribution in [0.2, 0.25) is 0 Å². The van der Waals surface area contributed by atoms with Gasteiger partial charge in [-0.15, -0.1) is 0 Å². The largest absolute Gasteiger partial charge is 0.496 e. The van der Waals surface area contributed by atoms with Gasteiger partial charge in [-0.2, -0.15) is 0 Å². The second kappa shape index (κ2) is 20.0. The van der Waals surface area contributed by atoms with Crippen molar-refractivity contribution in [3.05, 3.63) is 90.1 Å². The van der Waals surface area contributed by atoms with Gasteiger partial charge in [0.25, 0.3) is 5.91 Å². The lowest BCUT2D eigenvalue weighted by Gasteiger charge is -2.26. The fourth-order valence-electron chi connectivity index (χ4n) is 7.00. The molecule has 0 radical (unpaired) electrons. The van der Waals surface area contributed by atoms with Gasteiger partial charge in [0.15, 0.2) is 5.75 Å². The van der Waals surface area contributed by atoms with E-state index in [9.17, 15) is 18.0 Å². The third-order valence-corrected chi connectivity index (χ3v) is 10.7. The number of sulfonamides is 1. The van der Waals surface area contributed by atoms with Crippen LogP contribution < -0.4 is 44.9 Å². The highest BCUT2D eigenvalue weighted by Crippen LogP contribution is 2.40. The number of ether oxygens (including phenoxy) is 5. The first-order valence-electron chi connectivity index (χ1n) is 20.2. The molecule has 2 heterocycles. The van der Waals surface area contributed by atoms with Crippen LogP contribution in [-0.4, -0.2) is 97.2 Å². The third kappa shape index (κ3) is 11.7. The van der Waals surface area contributed by atoms with Crippen LogP contribution in [0.1, 0.15) is 49.5 Å². The normalized spacial score (nSPS) is 13.2. The number of hydrogen-bond acceptors (Lipinski definition) is 12. The molecule has 6 rings (SSSR count). The number of methoxy groups -OCH3 is 3. The first-order chi connectivity index (χ1) is 29.6. The maximum absolute atomic E-state index is 13.6. The molecule has 5 aromatic rings. The molecule has 17 heteroatoms. The molecule has 1 aliphatic heterocycles. The van der Waals surface area contributed by atoms with Gasteiger partial charge < -0.3 is 45.0 Å². The minimum absolute atomic E-state index is 0.165. The van der Waals surface area contributed by atoms with E-state index in [-0.39, 0.29) is 28.4 Å². The predicted octanol–water partition coefficient (Wildman–Crippen LogP) is 7.95. The summed E-state index contributed by atoms with van der Waals surface area (Å²) in [5.41, 5.74) is 2.28. The van der Waals surface area contributed by atoms with Crippen LogP contribution in [0.3, 0.4) is 0 Å². The number of fused-ring (bicyclic) bond motifs is 1. The minimum Gasteiger partial charge on any atom is -0.496 e. The van der Waals surface area contributed by atoms with Crippen LogP contribution in [0.5, 0.6) is 28.7 Å². The third-order valence-electron chi connectivity index (χ3n) is 10.1. The van der Waals surface area contributed by atoms with Crippen molar-refractivity contribution in [1.29, 1.82) is 0 Å². The molecule has 0 bridgehead atoms. The van der Waals surface area contributed by atoms with Crippen molar-refractivity contribution in [2.75, 3.05) is 87.7 Å². The monoisotopic (exact) mass is 869 g/mol. The molecular formula is C45H55N7O9S. The van der Waals surface area contributed by atoms with Gasteiger partial charge in [0, 0.05) is 60.5 Å². The lowest BCUT2D eigenvalue weighted by Crippen LogP contribution is -2.37.